The first-order chi connectivity index (χ1) is 12.1. The molecule has 0 aliphatic heterocycles. The number of anilines is 1. The molecule has 2 aromatic rings. The van der Waals surface area contributed by atoms with Gasteiger partial charge in [0.2, 0.25) is 3.79 Å². The van der Waals surface area contributed by atoms with Crippen molar-refractivity contribution >= 4 is 91.3 Å². The topological polar surface area (TPSA) is 53.2 Å². The number of thiocarbonyl (C=S) groups is 1. The van der Waals surface area contributed by atoms with Crippen molar-refractivity contribution in [1.82, 2.24) is 10.6 Å². The molecule has 3 N–H and O–H groups in total. The van der Waals surface area contributed by atoms with Crippen LogP contribution in [0, 0.1) is 0 Å². The molecule has 1 atom stereocenters. The highest BCUT2D eigenvalue weighted by Crippen LogP contribution is 2.29. The predicted octanol–water partition coefficient (Wildman–Crippen LogP) is 5.52. The molecule has 0 heterocycles. The number of rotatable bonds is 4. The smallest absolute Gasteiger partial charge is 0.252 e. The second-order valence-electron chi connectivity index (χ2n) is 5.06. The fourth-order valence-electron chi connectivity index (χ4n) is 1.85. The van der Waals surface area contributed by atoms with Crippen LogP contribution in [0.1, 0.15) is 10.4 Å². The molecule has 138 valence electrons. The van der Waals surface area contributed by atoms with Crippen LogP contribution in [0.4, 0.5) is 5.69 Å². The molecule has 0 fully saturated rings. The number of nitrogens with one attached hydrogen (secondary N) is 3. The van der Waals surface area contributed by atoms with Gasteiger partial charge in [-0.1, -0.05) is 62.3 Å². The summed E-state index contributed by atoms with van der Waals surface area (Å²) >= 11 is 32.3. The van der Waals surface area contributed by atoms with E-state index in [1.807, 2.05) is 0 Å². The van der Waals surface area contributed by atoms with Crippen molar-refractivity contribution in [1.29, 1.82) is 0 Å². The van der Waals surface area contributed by atoms with Gasteiger partial charge >= 0.3 is 0 Å². The number of benzene rings is 2. The molecule has 0 spiro atoms. The van der Waals surface area contributed by atoms with Gasteiger partial charge in [0, 0.05) is 20.7 Å². The SMILES string of the molecule is O=C(NC(NC(=S)Nc1ccc(Cl)cc1)C(Cl)(Cl)Cl)c1ccc(Br)cc1. The van der Waals surface area contributed by atoms with Gasteiger partial charge in [-0.05, 0) is 60.7 Å². The van der Waals surface area contributed by atoms with Gasteiger partial charge in [-0.25, -0.2) is 0 Å². The van der Waals surface area contributed by atoms with E-state index < -0.39 is 15.9 Å². The number of carbonyl (C=O) groups excluding carboxylic acids is 1. The Labute approximate surface area is 184 Å². The maximum atomic E-state index is 12.4. The Bertz CT molecular complexity index is 782. The van der Waals surface area contributed by atoms with Gasteiger partial charge in [0.05, 0.1) is 0 Å². The fraction of sp³-hybridized carbons (Fsp3) is 0.125. The lowest BCUT2D eigenvalue weighted by Gasteiger charge is -2.27. The summed E-state index contributed by atoms with van der Waals surface area (Å²) in [5, 5.41) is 9.07. The van der Waals surface area contributed by atoms with Crippen molar-refractivity contribution < 1.29 is 4.79 Å². The van der Waals surface area contributed by atoms with Gasteiger partial charge < -0.3 is 16.0 Å². The molecule has 2 rings (SSSR count). The van der Waals surface area contributed by atoms with E-state index in [4.69, 9.17) is 58.6 Å². The lowest BCUT2D eigenvalue weighted by atomic mass is 10.2. The van der Waals surface area contributed by atoms with Crippen LogP contribution in [0.5, 0.6) is 0 Å². The summed E-state index contributed by atoms with van der Waals surface area (Å²) < 4.78 is -0.991. The first kappa shape index (κ1) is 21.5. The molecule has 2 aromatic carbocycles. The molecule has 0 saturated carbocycles. The van der Waals surface area contributed by atoms with Gasteiger partial charge in [0.25, 0.3) is 5.91 Å². The average Bonchev–Trinajstić information content (AvgIpc) is 2.56. The molecule has 0 radical (unpaired) electrons. The van der Waals surface area contributed by atoms with Crippen LogP contribution in [0.2, 0.25) is 5.02 Å². The van der Waals surface area contributed by atoms with Crippen molar-refractivity contribution in [2.24, 2.45) is 0 Å². The van der Waals surface area contributed by atoms with E-state index >= 15 is 0 Å². The number of carbonyl (C=O) groups is 1. The van der Waals surface area contributed by atoms with E-state index in [2.05, 4.69) is 31.9 Å². The minimum atomic E-state index is -1.84. The van der Waals surface area contributed by atoms with Gasteiger partial charge in [-0.2, -0.15) is 0 Å². The molecule has 0 saturated heterocycles. The zero-order chi connectivity index (χ0) is 19.3. The molecular formula is C16H12BrCl4N3OS. The van der Waals surface area contributed by atoms with Crippen molar-refractivity contribution in [3.63, 3.8) is 0 Å². The molecule has 1 unspecified atom stereocenters. The predicted molar refractivity (Wildman–Crippen MR) is 116 cm³/mol. The molecule has 0 aromatic heterocycles. The number of amides is 1. The first-order valence-electron chi connectivity index (χ1n) is 7.11. The Hall–Kier alpha value is -0.760. The molecule has 0 aliphatic carbocycles. The Balaban J connectivity index is 2.04. The number of alkyl halides is 3. The van der Waals surface area contributed by atoms with E-state index in [0.29, 0.717) is 16.3 Å². The van der Waals surface area contributed by atoms with Gasteiger partial charge in [0.15, 0.2) is 5.11 Å². The van der Waals surface area contributed by atoms with Gasteiger partial charge in [-0.3, -0.25) is 4.79 Å². The second-order valence-corrected chi connectivity index (χ2v) is 9.19. The summed E-state index contributed by atoms with van der Waals surface area (Å²) in [7, 11) is 0. The number of halogens is 5. The van der Waals surface area contributed by atoms with Crippen LogP contribution in [-0.2, 0) is 0 Å². The van der Waals surface area contributed by atoms with Crippen LogP contribution in [0.15, 0.2) is 53.0 Å². The zero-order valence-electron chi connectivity index (χ0n) is 12.9. The number of hydrogen-bond donors (Lipinski definition) is 3. The summed E-state index contributed by atoms with van der Waals surface area (Å²) in [6.45, 7) is 0. The summed E-state index contributed by atoms with van der Waals surface area (Å²) in [6, 6.07) is 13.6. The lowest BCUT2D eigenvalue weighted by molar-refractivity contribution is 0.0934. The minimum absolute atomic E-state index is 0.166. The first-order valence-corrected chi connectivity index (χ1v) is 9.83. The zero-order valence-corrected chi connectivity index (χ0v) is 18.3. The maximum absolute atomic E-state index is 12.4. The van der Waals surface area contributed by atoms with E-state index in [9.17, 15) is 4.79 Å². The lowest BCUT2D eigenvalue weighted by Crippen LogP contribution is -2.56. The average molecular weight is 516 g/mol. The third-order valence-electron chi connectivity index (χ3n) is 3.09. The Morgan fingerprint density at radius 3 is 2.12 bits per heavy atom. The highest BCUT2D eigenvalue weighted by Gasteiger charge is 2.34. The molecular weight excluding hydrogens is 504 g/mol. The van der Waals surface area contributed by atoms with E-state index in [0.717, 1.165) is 4.47 Å². The second kappa shape index (κ2) is 9.44. The molecule has 4 nitrogen and oxygen atoms in total. The molecule has 0 bridgehead atoms. The summed E-state index contributed by atoms with van der Waals surface area (Å²) in [5.41, 5.74) is 1.10. The van der Waals surface area contributed by atoms with Crippen molar-refractivity contribution in [3.8, 4) is 0 Å². The van der Waals surface area contributed by atoms with Crippen LogP contribution in [0.25, 0.3) is 0 Å². The highest BCUT2D eigenvalue weighted by atomic mass is 79.9. The van der Waals surface area contributed by atoms with E-state index in [-0.39, 0.29) is 5.11 Å². The Morgan fingerprint density at radius 2 is 1.58 bits per heavy atom. The number of hydrogen-bond acceptors (Lipinski definition) is 2. The van der Waals surface area contributed by atoms with Crippen LogP contribution >= 0.6 is 74.6 Å². The normalized spacial score (nSPS) is 12.2. The quantitative estimate of drug-likeness (QED) is 0.285. The fourth-order valence-corrected chi connectivity index (χ4v) is 2.80. The molecule has 1 amide bonds. The Kier molecular flexibility index (Phi) is 7.82. The summed E-state index contributed by atoms with van der Waals surface area (Å²) in [5.74, 6) is -0.421. The van der Waals surface area contributed by atoms with Crippen LogP contribution in [-0.4, -0.2) is 21.0 Å². The molecule has 0 aliphatic rings. The third-order valence-corrected chi connectivity index (χ3v) is 4.74. The van der Waals surface area contributed by atoms with Gasteiger partial charge in [0.1, 0.15) is 6.17 Å². The summed E-state index contributed by atoms with van der Waals surface area (Å²) in [4.78, 5) is 12.4. The largest absolute Gasteiger partial charge is 0.339 e. The molecule has 26 heavy (non-hydrogen) atoms. The van der Waals surface area contributed by atoms with Gasteiger partial charge in [-0.15, -0.1) is 0 Å². The summed E-state index contributed by atoms with van der Waals surface area (Å²) in [6.07, 6.45) is -1.06. The minimum Gasteiger partial charge on any atom is -0.339 e. The third kappa shape index (κ3) is 6.76. The monoisotopic (exact) mass is 513 g/mol. The van der Waals surface area contributed by atoms with Crippen LogP contribution in [0.3, 0.4) is 0 Å². The van der Waals surface area contributed by atoms with E-state index in [1.54, 1.807) is 48.5 Å². The Morgan fingerprint density at radius 1 is 1.00 bits per heavy atom. The standard InChI is InChI=1S/C16H12BrCl4N3OS/c17-10-3-1-9(2-4-10)13(25)23-14(16(19,20)21)24-15(26)22-12-7-5-11(18)6-8-12/h1-8,14H,(H,23,25)(H2,22,24,26). The van der Waals surface area contributed by atoms with E-state index in [1.165, 1.54) is 0 Å². The van der Waals surface area contributed by atoms with Crippen molar-refractivity contribution in [2.75, 3.05) is 5.32 Å². The van der Waals surface area contributed by atoms with Crippen molar-refractivity contribution in [3.05, 3.63) is 63.6 Å². The highest BCUT2D eigenvalue weighted by molar-refractivity contribution is 9.10. The van der Waals surface area contributed by atoms with Crippen molar-refractivity contribution in [2.45, 2.75) is 9.96 Å². The maximum Gasteiger partial charge on any atom is 0.252 e. The molecule has 10 heteroatoms. The van der Waals surface area contributed by atoms with Crippen LogP contribution < -0.4 is 16.0 Å².